The number of thiazole rings is 1. The molecule has 6 rings (SSSR count). The number of aromatic hydroxyl groups is 2. The van der Waals surface area contributed by atoms with E-state index in [0.29, 0.717) is 4.90 Å². The van der Waals surface area contributed by atoms with Crippen molar-refractivity contribution in [2.24, 2.45) is 5.16 Å². The molecular weight excluding hydrogens is 676 g/mol. The third-order valence-electron chi connectivity index (χ3n) is 7.62. The van der Waals surface area contributed by atoms with E-state index < -0.39 is 95.2 Å². The lowest BCUT2D eigenvalue weighted by atomic mass is 10.0. The highest BCUT2D eigenvalue weighted by Crippen LogP contribution is 2.42. The molecule has 3 aliphatic heterocycles. The Morgan fingerprint density at radius 3 is 2.21 bits per heavy atom. The molecule has 0 bridgehead atoms. The van der Waals surface area contributed by atoms with Gasteiger partial charge in [-0.1, -0.05) is 28.1 Å². The van der Waals surface area contributed by atoms with Crippen LogP contribution >= 0.6 is 22.9 Å². The number of rotatable bonds is 9. The van der Waals surface area contributed by atoms with Gasteiger partial charge in [-0.15, -0.1) is 0 Å². The summed E-state index contributed by atoms with van der Waals surface area (Å²) in [6, 6.07) is -1.98. The number of esters is 1. The van der Waals surface area contributed by atoms with E-state index in [1.807, 2.05) is 0 Å². The first-order chi connectivity index (χ1) is 22.1. The van der Waals surface area contributed by atoms with Crippen molar-refractivity contribution in [1.29, 1.82) is 0 Å². The molecule has 3 atom stereocenters. The number of carboxylic acids is 2. The number of anilines is 1. The number of nitrogen functional groups attached to an aromatic ring is 1. The normalized spacial score (nSPS) is 24.7. The molecule has 2 saturated heterocycles. The number of cyclic esters (lactones) is 1. The number of imide groups is 1. The van der Waals surface area contributed by atoms with Crippen LogP contribution in [-0.2, 0) is 38.4 Å². The van der Waals surface area contributed by atoms with E-state index in [-0.39, 0.29) is 44.2 Å². The summed E-state index contributed by atoms with van der Waals surface area (Å²) in [5, 5.41) is 45.0. The molecule has 4 heterocycles. The summed E-state index contributed by atoms with van der Waals surface area (Å²) < 4.78 is 4.94. The molecule has 1 aliphatic carbocycles. The number of aliphatic carboxylic acids is 2. The quantitative estimate of drug-likeness (QED) is 0.0589. The number of hydroxylamine groups is 2. The molecule has 22 heteroatoms. The number of hydrogen-bond acceptors (Lipinski definition) is 16. The third kappa shape index (κ3) is 4.90. The Morgan fingerprint density at radius 1 is 1.09 bits per heavy atom. The van der Waals surface area contributed by atoms with Gasteiger partial charge in [0.05, 0.1) is 17.5 Å². The maximum atomic E-state index is 13.4. The molecular formula is C25H19ClN6O14S. The van der Waals surface area contributed by atoms with Crippen LogP contribution in [0.5, 0.6) is 11.5 Å². The molecule has 1 unspecified atom stereocenters. The number of phenols is 2. The molecule has 20 nitrogen and oxygen atoms in total. The van der Waals surface area contributed by atoms with Gasteiger partial charge in [0.25, 0.3) is 23.6 Å². The van der Waals surface area contributed by atoms with Crippen LogP contribution in [0, 0.1) is 0 Å². The van der Waals surface area contributed by atoms with E-state index >= 15 is 0 Å². The summed E-state index contributed by atoms with van der Waals surface area (Å²) in [7, 11) is 0. The van der Waals surface area contributed by atoms with E-state index in [4.69, 9.17) is 31.7 Å². The third-order valence-corrected chi connectivity index (χ3v) is 8.70. The lowest BCUT2D eigenvalue weighted by Crippen LogP contribution is -2.57. The highest BCUT2D eigenvalue weighted by atomic mass is 35.5. The van der Waals surface area contributed by atoms with Crippen LogP contribution in [0.1, 0.15) is 45.7 Å². The predicted molar refractivity (Wildman–Crippen MR) is 149 cm³/mol. The SMILES string of the molecule is Nc1nc(/C(=N/OC2(C(=O)O)CC2)C(=O)N[C@H]2CON(C3(C(=O)O)C[C@H](N4C(=O)c5cc(O)c(O)cc5C4=O)C(=O)O3)C2=O)c(Cl)s1. The van der Waals surface area contributed by atoms with Gasteiger partial charge in [-0.3, -0.25) is 28.9 Å². The molecule has 1 aromatic carbocycles. The molecule has 3 fully saturated rings. The summed E-state index contributed by atoms with van der Waals surface area (Å²) in [5.41, 5.74) is -0.729. The molecule has 4 amide bonds. The van der Waals surface area contributed by atoms with E-state index in [1.165, 1.54) is 0 Å². The van der Waals surface area contributed by atoms with E-state index in [9.17, 15) is 54.0 Å². The lowest BCUT2D eigenvalue weighted by molar-refractivity contribution is -0.256. The Hall–Kier alpha value is -5.54. The fraction of sp³-hybridized carbons (Fsp3) is 0.320. The number of oxime groups is 1. The van der Waals surface area contributed by atoms with E-state index in [2.05, 4.69) is 15.5 Å². The van der Waals surface area contributed by atoms with E-state index in [0.717, 1.165) is 23.5 Å². The lowest BCUT2D eigenvalue weighted by Gasteiger charge is -2.30. The van der Waals surface area contributed by atoms with Gasteiger partial charge in [-0.25, -0.2) is 19.4 Å². The van der Waals surface area contributed by atoms with Gasteiger partial charge in [-0.2, -0.15) is 5.06 Å². The molecule has 7 N–H and O–H groups in total. The molecule has 4 aliphatic rings. The van der Waals surface area contributed by atoms with Gasteiger partial charge in [0.1, 0.15) is 28.7 Å². The number of ether oxygens (including phenoxy) is 1. The topological polar surface area (TPSA) is 298 Å². The van der Waals surface area contributed by atoms with Gasteiger partial charge in [0, 0.05) is 12.8 Å². The number of carbonyl (C=O) groups excluding carboxylic acids is 5. The minimum absolute atomic E-state index is 0.0836. The van der Waals surface area contributed by atoms with Gasteiger partial charge in [0.15, 0.2) is 22.3 Å². The van der Waals surface area contributed by atoms with Crippen molar-refractivity contribution in [2.45, 2.75) is 42.7 Å². The van der Waals surface area contributed by atoms with Crippen LogP contribution in [0.2, 0.25) is 4.34 Å². The first kappa shape index (κ1) is 31.4. The second kappa shape index (κ2) is 10.8. The fourth-order valence-corrected chi connectivity index (χ4v) is 5.94. The number of phenolic OH excluding ortho intramolecular Hbond substituents is 2. The van der Waals surface area contributed by atoms with Crippen molar-refractivity contribution in [1.82, 2.24) is 20.3 Å². The molecule has 0 spiro atoms. The average molecular weight is 695 g/mol. The zero-order chi connectivity index (χ0) is 34.2. The predicted octanol–water partition coefficient (Wildman–Crippen LogP) is -1.22. The Kier molecular flexibility index (Phi) is 7.21. The molecule has 1 saturated carbocycles. The number of carbonyl (C=O) groups is 7. The number of carboxylic acid groups (broad SMARTS) is 2. The molecule has 246 valence electrons. The second-order valence-electron chi connectivity index (χ2n) is 10.6. The summed E-state index contributed by atoms with van der Waals surface area (Å²) >= 11 is 6.87. The summed E-state index contributed by atoms with van der Waals surface area (Å²) in [5.74, 6) is -10.8. The maximum Gasteiger partial charge on any atom is 0.372 e. The number of nitrogens with zero attached hydrogens (tertiary/aromatic N) is 4. The molecule has 0 radical (unpaired) electrons. The number of aromatic nitrogens is 1. The maximum absolute atomic E-state index is 13.4. The minimum atomic E-state index is -2.93. The van der Waals surface area contributed by atoms with Crippen molar-refractivity contribution < 1.29 is 68.4 Å². The van der Waals surface area contributed by atoms with E-state index in [1.54, 1.807) is 0 Å². The van der Waals surface area contributed by atoms with Crippen molar-refractivity contribution >= 4 is 75.3 Å². The van der Waals surface area contributed by atoms with Gasteiger partial charge in [-0.05, 0) is 12.1 Å². The summed E-state index contributed by atoms with van der Waals surface area (Å²) in [6.45, 7) is -0.715. The van der Waals surface area contributed by atoms with Crippen LogP contribution in [-0.4, -0.2) is 113 Å². The number of nitrogens with two attached hydrogens (primary N) is 1. The molecule has 47 heavy (non-hydrogen) atoms. The highest BCUT2D eigenvalue weighted by Gasteiger charge is 2.65. The Morgan fingerprint density at radius 2 is 1.70 bits per heavy atom. The standard InChI is InChI=1S/C25H19ClN6O14S/c26-15-13(29-23(27)47-15)14(30-46-24(1-2-24)21(40)41)16(35)28-9-6-44-32(19(9)38)25(22(42)43)5-10(20(39)45-25)31-17(36)7-3-11(33)12(34)4-8(7)18(31)37/h3-4,9-10,33-34H,1-2,5-6H2,(H2,27,29)(H,28,35)(H,40,41)(H,42,43)/b30-14-/t9-,10-,25?/m0/s1. The number of nitrogens with one attached hydrogen (secondary N) is 1. The highest BCUT2D eigenvalue weighted by molar-refractivity contribution is 7.19. The van der Waals surface area contributed by atoms with Crippen LogP contribution in [0.15, 0.2) is 17.3 Å². The summed E-state index contributed by atoms with van der Waals surface area (Å²) in [4.78, 5) is 104. The van der Waals surface area contributed by atoms with Crippen molar-refractivity contribution in [3.8, 4) is 11.5 Å². The smallest absolute Gasteiger partial charge is 0.372 e. The number of halogens is 1. The average Bonchev–Trinajstić information content (AvgIpc) is 3.35. The first-order valence-corrected chi connectivity index (χ1v) is 14.4. The minimum Gasteiger partial charge on any atom is -0.504 e. The Labute approximate surface area is 268 Å². The van der Waals surface area contributed by atoms with Crippen molar-refractivity contribution in [3.63, 3.8) is 0 Å². The number of hydrogen-bond donors (Lipinski definition) is 6. The number of fused-ring (bicyclic) bond motifs is 1. The zero-order valence-electron chi connectivity index (χ0n) is 23.2. The van der Waals surface area contributed by atoms with Crippen molar-refractivity contribution in [3.05, 3.63) is 33.3 Å². The monoisotopic (exact) mass is 694 g/mol. The van der Waals surface area contributed by atoms with Crippen molar-refractivity contribution in [2.75, 3.05) is 12.3 Å². The molecule has 2 aromatic rings. The second-order valence-corrected chi connectivity index (χ2v) is 12.2. The Balaban J connectivity index is 1.23. The van der Waals surface area contributed by atoms with Gasteiger partial charge in [0.2, 0.25) is 5.60 Å². The Bertz CT molecular complexity index is 1820. The number of amides is 4. The first-order valence-electron chi connectivity index (χ1n) is 13.2. The zero-order valence-corrected chi connectivity index (χ0v) is 24.7. The molecule has 1 aromatic heterocycles. The van der Waals surface area contributed by atoms with Crippen LogP contribution in [0.4, 0.5) is 5.13 Å². The van der Waals surface area contributed by atoms with Gasteiger partial charge >= 0.3 is 23.6 Å². The largest absolute Gasteiger partial charge is 0.504 e. The van der Waals surface area contributed by atoms with Crippen LogP contribution in [0.3, 0.4) is 0 Å². The summed E-state index contributed by atoms with van der Waals surface area (Å²) in [6.07, 6.45) is -0.844. The van der Waals surface area contributed by atoms with Crippen LogP contribution in [0.25, 0.3) is 0 Å². The fourth-order valence-electron chi connectivity index (χ4n) is 5.01. The number of benzene rings is 1. The van der Waals surface area contributed by atoms with Crippen LogP contribution < -0.4 is 11.1 Å². The van der Waals surface area contributed by atoms with Gasteiger partial charge < -0.3 is 41.1 Å².